The molecule has 0 aliphatic heterocycles. The molecule has 6 nitrogen and oxygen atoms in total. The zero-order valence-electron chi connectivity index (χ0n) is 20.2. The first-order valence-corrected chi connectivity index (χ1v) is 11.7. The molecule has 0 fully saturated rings. The number of ether oxygens (including phenoxy) is 2. The lowest BCUT2D eigenvalue weighted by atomic mass is 10.0. The van der Waals surface area contributed by atoms with Crippen LogP contribution >= 0.6 is 0 Å². The lowest BCUT2D eigenvalue weighted by Gasteiger charge is -2.18. The van der Waals surface area contributed by atoms with Crippen molar-refractivity contribution >= 4 is 11.4 Å². The van der Waals surface area contributed by atoms with Crippen molar-refractivity contribution in [1.82, 2.24) is 9.78 Å². The fraction of sp³-hybridized carbons (Fsp3) is 0.214. The highest BCUT2D eigenvalue weighted by Crippen LogP contribution is 2.37. The van der Waals surface area contributed by atoms with E-state index >= 15 is 0 Å². The Morgan fingerprint density at radius 1 is 0.865 bits per heavy atom. The quantitative estimate of drug-likeness (QED) is 0.338. The Morgan fingerprint density at radius 3 is 2.19 bits per heavy atom. The van der Waals surface area contributed by atoms with E-state index in [1.165, 1.54) is 26.4 Å². The highest BCUT2D eigenvalue weighted by Gasteiger charge is 2.35. The molecule has 1 heterocycles. The average Bonchev–Trinajstić information content (AvgIpc) is 3.39. The summed E-state index contributed by atoms with van der Waals surface area (Å²) in [6.45, 7) is 0. The fourth-order valence-corrected chi connectivity index (χ4v) is 4.63. The molecule has 3 aromatic carbocycles. The van der Waals surface area contributed by atoms with Crippen LogP contribution in [0, 0.1) is 0 Å². The Labute approximate surface area is 211 Å². The number of para-hydroxylation sites is 1. The summed E-state index contributed by atoms with van der Waals surface area (Å²) in [5.74, 6) is 1.01. The molecule has 4 aromatic rings. The molecular weight excluding hydrogens is 483 g/mol. The van der Waals surface area contributed by atoms with Crippen molar-refractivity contribution in [1.29, 1.82) is 0 Å². The summed E-state index contributed by atoms with van der Waals surface area (Å²) >= 11 is 0. The second-order valence-electron chi connectivity index (χ2n) is 8.70. The van der Waals surface area contributed by atoms with Crippen molar-refractivity contribution in [2.75, 3.05) is 19.5 Å². The molecule has 0 saturated carbocycles. The van der Waals surface area contributed by atoms with Gasteiger partial charge in [0.25, 0.3) is 5.56 Å². The van der Waals surface area contributed by atoms with Gasteiger partial charge in [0.2, 0.25) is 0 Å². The molecule has 190 valence electrons. The monoisotopic (exact) mass is 507 g/mol. The van der Waals surface area contributed by atoms with Gasteiger partial charge < -0.3 is 14.8 Å². The minimum atomic E-state index is -4.69. The highest BCUT2D eigenvalue weighted by atomic mass is 19.4. The molecule has 37 heavy (non-hydrogen) atoms. The van der Waals surface area contributed by atoms with E-state index < -0.39 is 17.3 Å². The lowest BCUT2D eigenvalue weighted by molar-refractivity contribution is -0.137. The van der Waals surface area contributed by atoms with Crippen LogP contribution in [0.3, 0.4) is 0 Å². The van der Waals surface area contributed by atoms with Gasteiger partial charge in [-0.2, -0.15) is 23.0 Å². The van der Waals surface area contributed by atoms with Crippen LogP contribution in [-0.2, 0) is 19.0 Å². The number of halogens is 3. The molecule has 0 radical (unpaired) electrons. The van der Waals surface area contributed by atoms with E-state index in [2.05, 4.69) is 10.4 Å². The molecule has 0 saturated heterocycles. The van der Waals surface area contributed by atoms with Crippen molar-refractivity contribution in [3.63, 3.8) is 0 Å². The van der Waals surface area contributed by atoms with Crippen LogP contribution in [0.2, 0.25) is 0 Å². The Morgan fingerprint density at radius 2 is 1.54 bits per heavy atom. The van der Waals surface area contributed by atoms with Gasteiger partial charge in [-0.15, -0.1) is 0 Å². The van der Waals surface area contributed by atoms with Crippen molar-refractivity contribution < 1.29 is 22.6 Å². The maximum absolute atomic E-state index is 14.1. The van der Waals surface area contributed by atoms with E-state index in [-0.39, 0.29) is 5.69 Å². The van der Waals surface area contributed by atoms with Gasteiger partial charge >= 0.3 is 6.18 Å². The van der Waals surface area contributed by atoms with Crippen LogP contribution in [-0.4, -0.2) is 24.0 Å². The summed E-state index contributed by atoms with van der Waals surface area (Å²) in [6, 6.07) is 17.8. The van der Waals surface area contributed by atoms with Gasteiger partial charge in [0.1, 0.15) is 11.5 Å². The minimum absolute atomic E-state index is 0.343. The van der Waals surface area contributed by atoms with Crippen molar-refractivity contribution in [2.24, 2.45) is 0 Å². The first-order chi connectivity index (χ1) is 17.8. The van der Waals surface area contributed by atoms with Gasteiger partial charge in [0, 0.05) is 28.6 Å². The third-order valence-electron chi connectivity index (χ3n) is 6.37. The molecule has 5 rings (SSSR count). The number of alkyl halides is 3. The zero-order valence-corrected chi connectivity index (χ0v) is 20.2. The van der Waals surface area contributed by atoms with Crippen molar-refractivity contribution in [3.05, 3.63) is 93.8 Å². The van der Waals surface area contributed by atoms with Gasteiger partial charge in [0.15, 0.2) is 0 Å². The number of anilines is 2. The van der Waals surface area contributed by atoms with E-state index in [4.69, 9.17) is 9.47 Å². The van der Waals surface area contributed by atoms with Gasteiger partial charge in [0.05, 0.1) is 31.2 Å². The highest BCUT2D eigenvalue weighted by molar-refractivity contribution is 5.69. The fourth-order valence-electron chi connectivity index (χ4n) is 4.63. The molecule has 1 aliphatic rings. The lowest BCUT2D eigenvalue weighted by Crippen LogP contribution is -2.28. The Balaban J connectivity index is 1.74. The van der Waals surface area contributed by atoms with Gasteiger partial charge in [-0.05, 0) is 67.3 Å². The van der Waals surface area contributed by atoms with E-state index in [1.807, 2.05) is 18.2 Å². The number of hydrogen-bond acceptors (Lipinski definition) is 5. The molecule has 1 N–H and O–H groups in total. The summed E-state index contributed by atoms with van der Waals surface area (Å²) in [5.41, 5.74) is 1.49. The first kappa shape index (κ1) is 24.4. The van der Waals surface area contributed by atoms with Crippen LogP contribution in [0.4, 0.5) is 24.5 Å². The van der Waals surface area contributed by atoms with Gasteiger partial charge in [-0.25, -0.2) is 0 Å². The van der Waals surface area contributed by atoms with Crippen LogP contribution < -0.4 is 20.3 Å². The molecule has 1 aliphatic carbocycles. The molecule has 9 heteroatoms. The molecule has 0 spiro atoms. The molecule has 0 unspecified atom stereocenters. The maximum Gasteiger partial charge on any atom is 0.418 e. The largest absolute Gasteiger partial charge is 0.497 e. The number of benzene rings is 3. The smallest absolute Gasteiger partial charge is 0.418 e. The predicted molar refractivity (Wildman–Crippen MR) is 135 cm³/mol. The third-order valence-corrected chi connectivity index (χ3v) is 6.37. The zero-order chi connectivity index (χ0) is 26.2. The van der Waals surface area contributed by atoms with E-state index in [0.717, 1.165) is 16.3 Å². The van der Waals surface area contributed by atoms with E-state index in [1.54, 1.807) is 30.3 Å². The Hall–Kier alpha value is -4.27. The summed E-state index contributed by atoms with van der Waals surface area (Å²) < 4.78 is 54.0. The van der Waals surface area contributed by atoms with Gasteiger partial charge in [-0.1, -0.05) is 18.2 Å². The number of nitrogens with one attached hydrogen (secondary N) is 1. The normalized spacial score (nSPS) is 12.8. The average molecular weight is 508 g/mol. The summed E-state index contributed by atoms with van der Waals surface area (Å²) in [4.78, 5) is 13.5. The van der Waals surface area contributed by atoms with Crippen molar-refractivity contribution in [3.8, 4) is 28.4 Å². The molecular formula is C28H24F3N3O3. The predicted octanol–water partition coefficient (Wildman–Crippen LogP) is 6.17. The molecule has 0 atom stereocenters. The Kier molecular flexibility index (Phi) is 6.37. The van der Waals surface area contributed by atoms with Crippen LogP contribution in [0.25, 0.3) is 16.9 Å². The second kappa shape index (κ2) is 9.65. The SMILES string of the molecule is COc1cc(OC)cc(-c2nn(-c3cc(Nc4ccccc4)ccc3C(F)(F)F)c(=O)c3c2CCC3)c1. The third kappa shape index (κ3) is 4.76. The molecule has 0 bridgehead atoms. The minimum Gasteiger partial charge on any atom is -0.497 e. The number of nitrogens with zero attached hydrogens (tertiary/aromatic N) is 2. The van der Waals surface area contributed by atoms with Crippen LogP contribution in [0.1, 0.15) is 23.1 Å². The van der Waals surface area contributed by atoms with E-state index in [0.29, 0.717) is 59.0 Å². The first-order valence-electron chi connectivity index (χ1n) is 11.7. The second-order valence-corrected chi connectivity index (χ2v) is 8.70. The Bertz CT molecular complexity index is 1490. The number of rotatable bonds is 6. The van der Waals surface area contributed by atoms with Gasteiger partial charge in [-0.3, -0.25) is 4.79 Å². The van der Waals surface area contributed by atoms with Crippen LogP contribution in [0.5, 0.6) is 11.5 Å². The van der Waals surface area contributed by atoms with E-state index in [9.17, 15) is 18.0 Å². The van der Waals surface area contributed by atoms with Crippen molar-refractivity contribution in [2.45, 2.75) is 25.4 Å². The summed E-state index contributed by atoms with van der Waals surface area (Å²) in [7, 11) is 3.02. The number of methoxy groups -OCH3 is 2. The maximum atomic E-state index is 14.1. The number of fused-ring (bicyclic) bond motifs is 1. The number of aromatic nitrogens is 2. The number of hydrogen-bond donors (Lipinski definition) is 1. The summed E-state index contributed by atoms with van der Waals surface area (Å²) in [5, 5.41) is 7.62. The summed E-state index contributed by atoms with van der Waals surface area (Å²) in [6.07, 6.45) is -2.91. The standard InChI is InChI=1S/C28H24F3N3O3/c1-36-20-13-17(14-21(16-20)37-2)26-22-9-6-10-23(22)27(35)34(33-26)25-15-19(11-12-24(25)28(29,30)31)32-18-7-4-3-5-8-18/h3-5,7-8,11-16,32H,6,9-10H2,1-2H3. The molecule has 0 amide bonds. The topological polar surface area (TPSA) is 65.4 Å². The molecule has 1 aromatic heterocycles. The van der Waals surface area contributed by atoms with Crippen LogP contribution in [0.15, 0.2) is 71.5 Å².